The van der Waals surface area contributed by atoms with Crippen molar-refractivity contribution >= 4 is 37.9 Å². The summed E-state index contributed by atoms with van der Waals surface area (Å²) in [6.45, 7) is 1.18. The summed E-state index contributed by atoms with van der Waals surface area (Å²) in [6, 6.07) is 12.4. The first-order valence-electron chi connectivity index (χ1n) is 7.98. The predicted molar refractivity (Wildman–Crippen MR) is 102 cm³/mol. The van der Waals surface area contributed by atoms with E-state index in [2.05, 4.69) is 20.9 Å². The lowest BCUT2D eigenvalue weighted by atomic mass is 10.2. The highest BCUT2D eigenvalue weighted by atomic mass is 79.9. The standard InChI is InChI=1S/C18H19BrN2O3S/c1-24-18-8-7-15(19)11-14(18)13-20-16-5-4-6-17(12-16)25(22,23)21-9-2-3-10-21/h4-8,11-13H,2-3,9-10H2,1H3. The lowest BCUT2D eigenvalue weighted by Gasteiger charge is -2.15. The fourth-order valence-electron chi connectivity index (χ4n) is 2.75. The lowest BCUT2D eigenvalue weighted by Crippen LogP contribution is -2.27. The lowest BCUT2D eigenvalue weighted by molar-refractivity contribution is 0.414. The topological polar surface area (TPSA) is 59.0 Å². The predicted octanol–water partition coefficient (Wildman–Crippen LogP) is 3.99. The Hall–Kier alpha value is -1.70. The van der Waals surface area contributed by atoms with Gasteiger partial charge in [-0.15, -0.1) is 0 Å². The summed E-state index contributed by atoms with van der Waals surface area (Å²) in [7, 11) is -1.84. The monoisotopic (exact) mass is 422 g/mol. The van der Waals surface area contributed by atoms with E-state index in [1.807, 2.05) is 18.2 Å². The third kappa shape index (κ3) is 4.11. The van der Waals surface area contributed by atoms with Gasteiger partial charge < -0.3 is 4.74 Å². The number of methoxy groups -OCH3 is 1. The largest absolute Gasteiger partial charge is 0.496 e. The third-order valence-electron chi connectivity index (χ3n) is 4.06. The van der Waals surface area contributed by atoms with Crippen LogP contribution < -0.4 is 4.74 Å². The Labute approximate surface area is 156 Å². The molecule has 7 heteroatoms. The van der Waals surface area contributed by atoms with Crippen LogP contribution in [0.15, 0.2) is 56.8 Å². The molecule has 0 bridgehead atoms. The van der Waals surface area contributed by atoms with E-state index >= 15 is 0 Å². The van der Waals surface area contributed by atoms with E-state index < -0.39 is 10.0 Å². The summed E-state index contributed by atoms with van der Waals surface area (Å²) in [6.07, 6.45) is 3.50. The van der Waals surface area contributed by atoms with Crippen molar-refractivity contribution in [2.45, 2.75) is 17.7 Å². The molecule has 1 aliphatic rings. The van der Waals surface area contributed by atoms with Crippen molar-refractivity contribution in [2.24, 2.45) is 4.99 Å². The van der Waals surface area contributed by atoms with Crippen LogP contribution in [0.5, 0.6) is 5.75 Å². The van der Waals surface area contributed by atoms with Gasteiger partial charge in [-0.25, -0.2) is 8.42 Å². The molecule has 25 heavy (non-hydrogen) atoms. The van der Waals surface area contributed by atoms with Crippen LogP contribution in [0.4, 0.5) is 5.69 Å². The molecular formula is C18H19BrN2O3S. The van der Waals surface area contributed by atoms with Crippen LogP contribution in [-0.4, -0.2) is 39.1 Å². The Bertz CT molecular complexity index is 891. The minimum atomic E-state index is -3.44. The normalized spacial score (nSPS) is 15.8. The van der Waals surface area contributed by atoms with E-state index in [0.29, 0.717) is 24.5 Å². The number of hydrogen-bond acceptors (Lipinski definition) is 4. The number of rotatable bonds is 5. The van der Waals surface area contributed by atoms with Crippen LogP contribution >= 0.6 is 15.9 Å². The molecule has 3 rings (SSSR count). The third-order valence-corrected chi connectivity index (χ3v) is 6.45. The second-order valence-electron chi connectivity index (χ2n) is 5.75. The molecule has 1 fully saturated rings. The summed E-state index contributed by atoms with van der Waals surface area (Å²) in [5.41, 5.74) is 1.40. The van der Waals surface area contributed by atoms with Gasteiger partial charge in [0.1, 0.15) is 5.75 Å². The number of aliphatic imine (C=N–C) groups is 1. The van der Waals surface area contributed by atoms with Crippen LogP contribution in [-0.2, 0) is 10.0 Å². The molecule has 132 valence electrons. The fourth-order valence-corrected chi connectivity index (χ4v) is 4.69. The van der Waals surface area contributed by atoms with Crippen LogP contribution in [0.25, 0.3) is 0 Å². The van der Waals surface area contributed by atoms with Crippen LogP contribution in [0.2, 0.25) is 0 Å². The first-order valence-corrected chi connectivity index (χ1v) is 10.2. The number of sulfonamides is 1. The average Bonchev–Trinajstić information content (AvgIpc) is 3.16. The minimum Gasteiger partial charge on any atom is -0.496 e. The Morgan fingerprint density at radius 1 is 1.16 bits per heavy atom. The van der Waals surface area contributed by atoms with Crippen molar-refractivity contribution in [3.05, 3.63) is 52.5 Å². The maximum Gasteiger partial charge on any atom is 0.243 e. The summed E-state index contributed by atoms with van der Waals surface area (Å²) in [5.74, 6) is 0.702. The van der Waals surface area contributed by atoms with Crippen molar-refractivity contribution in [1.82, 2.24) is 4.31 Å². The highest BCUT2D eigenvalue weighted by Crippen LogP contribution is 2.25. The van der Waals surface area contributed by atoms with Gasteiger partial charge in [0.15, 0.2) is 0 Å². The second kappa shape index (κ2) is 7.68. The van der Waals surface area contributed by atoms with Crippen molar-refractivity contribution < 1.29 is 13.2 Å². The van der Waals surface area contributed by atoms with Crippen LogP contribution in [0, 0.1) is 0 Å². The molecule has 2 aromatic rings. The summed E-state index contributed by atoms with van der Waals surface area (Å²) in [4.78, 5) is 4.70. The molecular weight excluding hydrogens is 404 g/mol. The number of hydrogen-bond donors (Lipinski definition) is 0. The van der Waals surface area contributed by atoms with E-state index in [1.165, 1.54) is 4.31 Å². The zero-order chi connectivity index (χ0) is 17.9. The molecule has 0 radical (unpaired) electrons. The van der Waals surface area contributed by atoms with E-state index in [-0.39, 0.29) is 4.90 Å². The second-order valence-corrected chi connectivity index (χ2v) is 8.61. The quantitative estimate of drug-likeness (QED) is 0.684. The molecule has 1 heterocycles. The molecule has 1 aliphatic heterocycles. The molecule has 0 aliphatic carbocycles. The molecule has 0 spiro atoms. The fraction of sp³-hybridized carbons (Fsp3) is 0.278. The van der Waals surface area contributed by atoms with E-state index in [1.54, 1.807) is 37.6 Å². The minimum absolute atomic E-state index is 0.283. The van der Waals surface area contributed by atoms with Crippen molar-refractivity contribution in [3.63, 3.8) is 0 Å². The molecule has 0 aromatic heterocycles. The first-order chi connectivity index (χ1) is 12.0. The molecule has 5 nitrogen and oxygen atoms in total. The van der Waals surface area contributed by atoms with Gasteiger partial charge in [0.25, 0.3) is 0 Å². The van der Waals surface area contributed by atoms with Gasteiger partial charge in [-0.1, -0.05) is 22.0 Å². The van der Waals surface area contributed by atoms with Crippen molar-refractivity contribution in [3.8, 4) is 5.75 Å². The SMILES string of the molecule is COc1ccc(Br)cc1C=Nc1cccc(S(=O)(=O)N2CCCC2)c1. The van der Waals surface area contributed by atoms with Gasteiger partial charge in [0, 0.05) is 29.3 Å². The van der Waals surface area contributed by atoms with Gasteiger partial charge in [0.05, 0.1) is 17.7 Å². The molecule has 2 aromatic carbocycles. The van der Waals surface area contributed by atoms with E-state index in [4.69, 9.17) is 4.74 Å². The molecule has 0 atom stereocenters. The summed E-state index contributed by atoms with van der Waals surface area (Å²) in [5, 5.41) is 0. The smallest absolute Gasteiger partial charge is 0.243 e. The van der Waals surface area contributed by atoms with E-state index in [9.17, 15) is 8.42 Å². The van der Waals surface area contributed by atoms with E-state index in [0.717, 1.165) is 22.9 Å². The highest BCUT2D eigenvalue weighted by Gasteiger charge is 2.27. The first kappa shape index (κ1) is 18.1. The number of nitrogens with zero attached hydrogens (tertiary/aromatic N) is 2. The molecule has 0 N–H and O–H groups in total. The average molecular weight is 423 g/mol. The summed E-state index contributed by atoms with van der Waals surface area (Å²) >= 11 is 3.43. The van der Waals surface area contributed by atoms with Crippen LogP contribution in [0.1, 0.15) is 18.4 Å². The van der Waals surface area contributed by atoms with Gasteiger partial charge >= 0.3 is 0 Å². The Morgan fingerprint density at radius 2 is 1.92 bits per heavy atom. The van der Waals surface area contributed by atoms with Gasteiger partial charge in [0.2, 0.25) is 10.0 Å². The number of ether oxygens (including phenoxy) is 1. The number of halogens is 1. The summed E-state index contributed by atoms with van der Waals surface area (Å²) < 4.78 is 33.1. The zero-order valence-corrected chi connectivity index (χ0v) is 16.3. The zero-order valence-electron chi connectivity index (χ0n) is 13.9. The maximum absolute atomic E-state index is 12.7. The molecule has 0 unspecified atom stereocenters. The Morgan fingerprint density at radius 3 is 2.64 bits per heavy atom. The maximum atomic E-state index is 12.7. The molecule has 0 amide bonds. The van der Waals surface area contributed by atoms with Crippen molar-refractivity contribution in [1.29, 1.82) is 0 Å². The van der Waals surface area contributed by atoms with Gasteiger partial charge in [-0.3, -0.25) is 4.99 Å². The molecule has 1 saturated heterocycles. The highest BCUT2D eigenvalue weighted by molar-refractivity contribution is 9.10. The van der Waals surface area contributed by atoms with Crippen molar-refractivity contribution in [2.75, 3.05) is 20.2 Å². The molecule has 0 saturated carbocycles. The van der Waals surface area contributed by atoms with Gasteiger partial charge in [-0.05, 0) is 49.2 Å². The Kier molecular flexibility index (Phi) is 5.56. The Balaban J connectivity index is 1.89. The van der Waals surface area contributed by atoms with Crippen LogP contribution in [0.3, 0.4) is 0 Å². The number of benzene rings is 2. The van der Waals surface area contributed by atoms with Gasteiger partial charge in [-0.2, -0.15) is 4.31 Å².